The van der Waals surface area contributed by atoms with E-state index in [1.165, 1.54) is 18.0 Å². The van der Waals surface area contributed by atoms with E-state index in [9.17, 15) is 5.11 Å². The van der Waals surface area contributed by atoms with Gasteiger partial charge in [-0.2, -0.15) is 0 Å². The normalized spacial score (nSPS) is 11.9. The van der Waals surface area contributed by atoms with E-state index in [1.807, 2.05) is 18.2 Å². The Labute approximate surface area is 160 Å². The number of aromatic nitrogens is 1. The molecule has 2 N–H and O–H groups in total. The molecule has 0 atom stereocenters. The molecule has 2 aromatic carbocycles. The quantitative estimate of drug-likeness (QED) is 0.489. The second-order valence-electron chi connectivity index (χ2n) is 6.97. The maximum atomic E-state index is 10.0. The second kappa shape index (κ2) is 6.98. The summed E-state index contributed by atoms with van der Waals surface area (Å²) in [7, 11) is 0. The van der Waals surface area contributed by atoms with Crippen LogP contribution in [0.3, 0.4) is 0 Å². The summed E-state index contributed by atoms with van der Waals surface area (Å²) >= 11 is 13.1. The number of anilines is 1. The van der Waals surface area contributed by atoms with Gasteiger partial charge in [0.05, 0.1) is 9.92 Å². The van der Waals surface area contributed by atoms with E-state index in [2.05, 4.69) is 30.5 Å². The molecule has 3 rings (SSSR count). The van der Waals surface area contributed by atoms with Gasteiger partial charge in [-0.1, -0.05) is 44.0 Å². The van der Waals surface area contributed by atoms with Crippen LogP contribution < -0.4 is 4.72 Å². The van der Waals surface area contributed by atoms with Gasteiger partial charge in [-0.15, -0.1) is 0 Å². The van der Waals surface area contributed by atoms with Gasteiger partial charge < -0.3 is 14.2 Å². The monoisotopic (exact) mass is 396 g/mol. The van der Waals surface area contributed by atoms with Crippen LogP contribution in [-0.4, -0.2) is 10.1 Å². The number of hydrogen-bond donors (Lipinski definition) is 2. The van der Waals surface area contributed by atoms with Crippen LogP contribution in [0.2, 0.25) is 10.0 Å². The molecule has 0 unspecified atom stereocenters. The Morgan fingerprint density at radius 1 is 1.20 bits per heavy atom. The van der Waals surface area contributed by atoms with E-state index in [-0.39, 0.29) is 16.2 Å². The van der Waals surface area contributed by atoms with E-state index in [4.69, 9.17) is 27.6 Å². The van der Waals surface area contributed by atoms with Gasteiger partial charge in [0.2, 0.25) is 0 Å². The second-order valence-corrected chi connectivity index (χ2v) is 8.66. The van der Waals surface area contributed by atoms with Crippen molar-refractivity contribution in [1.29, 1.82) is 0 Å². The highest BCUT2D eigenvalue weighted by Gasteiger charge is 2.16. The van der Waals surface area contributed by atoms with Gasteiger partial charge in [-0.25, -0.2) is 4.98 Å². The van der Waals surface area contributed by atoms with Crippen LogP contribution in [0, 0.1) is 5.41 Å². The van der Waals surface area contributed by atoms with Crippen molar-refractivity contribution in [3.8, 4) is 5.75 Å². The predicted octanol–water partition coefficient (Wildman–Crippen LogP) is 6.55. The molecule has 3 aromatic rings. The standard InChI is InChI=1S/C18H18Cl2N2O2S/c1-18(2,3)9-16-21-13-8-11(4-5-14(13)24-16)22-25-15-7-10(19)6-12(20)17(15)23/h4-8,22-23H,9H2,1-3H3. The molecular weight excluding hydrogens is 379 g/mol. The molecule has 7 heteroatoms. The molecule has 0 aliphatic carbocycles. The number of nitrogens with zero attached hydrogens (tertiary/aromatic N) is 1. The average molecular weight is 397 g/mol. The van der Waals surface area contributed by atoms with Gasteiger partial charge >= 0.3 is 0 Å². The Hall–Kier alpha value is -1.56. The van der Waals surface area contributed by atoms with Gasteiger partial charge in [-0.3, -0.25) is 0 Å². The third-order valence-corrected chi connectivity index (χ3v) is 4.76. The topological polar surface area (TPSA) is 58.3 Å². The highest BCUT2D eigenvalue weighted by Crippen LogP contribution is 2.38. The molecule has 4 nitrogen and oxygen atoms in total. The van der Waals surface area contributed by atoms with Crippen molar-refractivity contribution in [2.45, 2.75) is 32.1 Å². The molecule has 0 spiro atoms. The van der Waals surface area contributed by atoms with Crippen LogP contribution in [0.5, 0.6) is 5.75 Å². The Bertz CT molecular complexity index is 919. The van der Waals surface area contributed by atoms with Crippen LogP contribution in [0.1, 0.15) is 26.7 Å². The Balaban J connectivity index is 1.78. The average Bonchev–Trinajstić information content (AvgIpc) is 2.88. The van der Waals surface area contributed by atoms with E-state index in [0.29, 0.717) is 9.92 Å². The van der Waals surface area contributed by atoms with Crippen LogP contribution in [0.4, 0.5) is 5.69 Å². The highest BCUT2D eigenvalue weighted by molar-refractivity contribution is 8.00. The molecule has 0 radical (unpaired) electrons. The van der Waals surface area contributed by atoms with Crippen molar-refractivity contribution in [2.75, 3.05) is 4.72 Å². The maximum Gasteiger partial charge on any atom is 0.195 e. The summed E-state index contributed by atoms with van der Waals surface area (Å²) in [6.45, 7) is 6.44. The molecular formula is C18H18Cl2N2O2S. The summed E-state index contributed by atoms with van der Waals surface area (Å²) in [4.78, 5) is 5.10. The first-order chi connectivity index (χ1) is 11.7. The number of hydrogen-bond acceptors (Lipinski definition) is 5. The zero-order chi connectivity index (χ0) is 18.2. The van der Waals surface area contributed by atoms with Crippen molar-refractivity contribution in [2.24, 2.45) is 5.41 Å². The molecule has 0 saturated carbocycles. The zero-order valence-electron chi connectivity index (χ0n) is 14.1. The molecule has 0 fully saturated rings. The molecule has 25 heavy (non-hydrogen) atoms. The Morgan fingerprint density at radius 2 is 1.96 bits per heavy atom. The Kier molecular flexibility index (Phi) is 5.09. The molecule has 0 amide bonds. The number of halogens is 2. The lowest BCUT2D eigenvalue weighted by Crippen LogP contribution is -2.09. The van der Waals surface area contributed by atoms with E-state index in [1.54, 1.807) is 6.07 Å². The number of nitrogens with one attached hydrogen (secondary N) is 1. The van der Waals surface area contributed by atoms with Crippen LogP contribution >= 0.6 is 35.1 Å². The lowest BCUT2D eigenvalue weighted by Gasteiger charge is -2.14. The smallest absolute Gasteiger partial charge is 0.195 e. The Morgan fingerprint density at radius 3 is 2.68 bits per heavy atom. The molecule has 0 aliphatic heterocycles. The van der Waals surface area contributed by atoms with E-state index < -0.39 is 0 Å². The third kappa shape index (κ3) is 4.54. The van der Waals surface area contributed by atoms with E-state index in [0.717, 1.165) is 29.1 Å². The van der Waals surface area contributed by atoms with Crippen molar-refractivity contribution in [1.82, 2.24) is 4.98 Å². The highest BCUT2D eigenvalue weighted by atomic mass is 35.5. The minimum atomic E-state index is -0.00135. The first-order valence-electron chi connectivity index (χ1n) is 7.72. The number of benzene rings is 2. The first kappa shape index (κ1) is 18.2. The summed E-state index contributed by atoms with van der Waals surface area (Å²) in [5.74, 6) is 0.727. The van der Waals surface area contributed by atoms with Crippen LogP contribution in [0.15, 0.2) is 39.6 Å². The molecule has 1 aromatic heterocycles. The molecule has 132 valence electrons. The fourth-order valence-electron chi connectivity index (χ4n) is 2.30. The van der Waals surface area contributed by atoms with Crippen molar-refractivity contribution in [3.05, 3.63) is 46.3 Å². The summed E-state index contributed by atoms with van der Waals surface area (Å²) in [5, 5.41) is 10.7. The summed E-state index contributed by atoms with van der Waals surface area (Å²) in [6, 6.07) is 8.82. The van der Waals surface area contributed by atoms with E-state index >= 15 is 0 Å². The number of phenolic OH excluding ortho intramolecular Hbond substituents is 1. The summed E-state index contributed by atoms with van der Waals surface area (Å²) in [6.07, 6.45) is 0.772. The van der Waals surface area contributed by atoms with Gasteiger partial charge in [0, 0.05) is 17.1 Å². The fraction of sp³-hybridized carbons (Fsp3) is 0.278. The number of oxazole rings is 1. The minimum absolute atomic E-state index is 0.00135. The number of phenols is 1. The molecule has 0 bridgehead atoms. The molecule has 0 saturated heterocycles. The first-order valence-corrected chi connectivity index (χ1v) is 9.29. The molecule has 0 aliphatic rings. The minimum Gasteiger partial charge on any atom is -0.505 e. The predicted molar refractivity (Wildman–Crippen MR) is 105 cm³/mol. The van der Waals surface area contributed by atoms with Crippen molar-refractivity contribution < 1.29 is 9.52 Å². The van der Waals surface area contributed by atoms with Gasteiger partial charge in [0.25, 0.3) is 0 Å². The van der Waals surface area contributed by atoms with Gasteiger partial charge in [0.15, 0.2) is 11.5 Å². The number of fused-ring (bicyclic) bond motifs is 1. The lowest BCUT2D eigenvalue weighted by molar-refractivity contribution is 0.362. The largest absolute Gasteiger partial charge is 0.505 e. The van der Waals surface area contributed by atoms with Crippen LogP contribution in [-0.2, 0) is 6.42 Å². The van der Waals surface area contributed by atoms with Crippen LogP contribution in [0.25, 0.3) is 11.1 Å². The molecule has 1 heterocycles. The zero-order valence-corrected chi connectivity index (χ0v) is 16.4. The van der Waals surface area contributed by atoms with Gasteiger partial charge in [-0.05, 0) is 47.7 Å². The SMILES string of the molecule is CC(C)(C)Cc1nc2cc(NSc3cc(Cl)cc(Cl)c3O)ccc2o1. The van der Waals surface area contributed by atoms with Crippen molar-refractivity contribution in [3.63, 3.8) is 0 Å². The van der Waals surface area contributed by atoms with Crippen molar-refractivity contribution >= 4 is 51.9 Å². The maximum absolute atomic E-state index is 10.0. The number of rotatable bonds is 4. The third-order valence-electron chi connectivity index (χ3n) is 3.39. The summed E-state index contributed by atoms with van der Waals surface area (Å²) < 4.78 is 8.96. The summed E-state index contributed by atoms with van der Waals surface area (Å²) in [5.41, 5.74) is 2.49. The fourth-order valence-corrected chi connectivity index (χ4v) is 3.66. The van der Waals surface area contributed by atoms with Gasteiger partial charge in [0.1, 0.15) is 11.3 Å². The lowest BCUT2D eigenvalue weighted by atomic mass is 9.92. The number of aromatic hydroxyl groups is 1.